The smallest absolute Gasteiger partial charge is 0.336 e. The molecule has 1 unspecified atom stereocenters. The molecule has 1 aliphatic rings. The monoisotopic (exact) mass is 574 g/mol. The Bertz CT molecular complexity index is 1730. The summed E-state index contributed by atoms with van der Waals surface area (Å²) in [5, 5.41) is 9.89. The molecule has 0 aromatic heterocycles. The van der Waals surface area contributed by atoms with Gasteiger partial charge in [0.25, 0.3) is 0 Å². The third-order valence-corrected chi connectivity index (χ3v) is 7.13. The molecule has 1 heterocycles. The van der Waals surface area contributed by atoms with Crippen LogP contribution in [0.15, 0.2) is 109 Å². The highest BCUT2D eigenvalue weighted by Crippen LogP contribution is 2.43. The number of fused-ring (bicyclic) bond motifs is 1. The quantitative estimate of drug-likeness (QED) is 0.139. The van der Waals surface area contributed by atoms with E-state index in [1.165, 1.54) is 23.8 Å². The highest BCUT2D eigenvalue weighted by atomic mass is 19.1. The summed E-state index contributed by atoms with van der Waals surface area (Å²) in [4.78, 5) is 12.6. The highest BCUT2D eigenvalue weighted by Gasteiger charge is 2.31. The second-order valence-corrected chi connectivity index (χ2v) is 11.2. The van der Waals surface area contributed by atoms with Gasteiger partial charge in [0, 0.05) is 17.7 Å². The first-order chi connectivity index (χ1) is 20.6. The maximum Gasteiger partial charge on any atom is 0.336 e. The lowest BCUT2D eigenvalue weighted by Gasteiger charge is -2.26. The molecule has 7 heteroatoms. The van der Waals surface area contributed by atoms with Crippen LogP contribution >= 0.6 is 0 Å². The van der Waals surface area contributed by atoms with Gasteiger partial charge in [-0.2, -0.15) is 5.26 Å². The third-order valence-electron chi connectivity index (χ3n) is 7.13. The number of halogens is 1. The van der Waals surface area contributed by atoms with Crippen LogP contribution in [-0.4, -0.2) is 5.97 Å². The predicted molar refractivity (Wildman–Crippen MR) is 163 cm³/mol. The Morgan fingerprint density at radius 1 is 0.977 bits per heavy atom. The van der Waals surface area contributed by atoms with Gasteiger partial charge in [-0.25, -0.2) is 9.18 Å². The normalized spacial score (nSPS) is 14.5. The number of esters is 1. The number of nitriles is 1. The predicted octanol–water partition coefficient (Wildman–Crippen LogP) is 7.54. The zero-order chi connectivity index (χ0) is 30.6. The van der Waals surface area contributed by atoms with Gasteiger partial charge in [-0.15, -0.1) is 0 Å². The van der Waals surface area contributed by atoms with E-state index in [1.54, 1.807) is 48.5 Å². The number of hydrogen-bond donors (Lipinski definition) is 1. The minimum absolute atomic E-state index is 0.0151. The summed E-state index contributed by atoms with van der Waals surface area (Å²) in [6, 6.07) is 28.6. The minimum Gasteiger partial charge on any atom is -0.489 e. The van der Waals surface area contributed by atoms with Gasteiger partial charge in [0.05, 0.1) is 5.92 Å². The van der Waals surface area contributed by atoms with Crippen molar-refractivity contribution in [3.63, 3.8) is 0 Å². The van der Waals surface area contributed by atoms with Crippen molar-refractivity contribution in [3.8, 4) is 23.3 Å². The molecule has 5 rings (SSSR count). The molecule has 0 bridgehead atoms. The molecular weight excluding hydrogens is 543 g/mol. The second-order valence-electron chi connectivity index (χ2n) is 11.2. The van der Waals surface area contributed by atoms with Crippen LogP contribution in [0.3, 0.4) is 0 Å². The largest absolute Gasteiger partial charge is 0.489 e. The molecule has 1 atom stereocenters. The van der Waals surface area contributed by atoms with Crippen LogP contribution in [0.25, 0.3) is 6.08 Å². The van der Waals surface area contributed by atoms with Crippen LogP contribution in [0.2, 0.25) is 0 Å². The lowest BCUT2D eigenvalue weighted by atomic mass is 9.83. The number of carbonyl (C=O) groups is 1. The molecule has 4 aromatic rings. The summed E-state index contributed by atoms with van der Waals surface area (Å²) >= 11 is 0. The molecule has 6 nitrogen and oxygen atoms in total. The molecule has 1 aliphatic heterocycles. The summed E-state index contributed by atoms with van der Waals surface area (Å²) in [5.41, 5.74) is 10.9. The van der Waals surface area contributed by atoms with Crippen molar-refractivity contribution in [1.29, 1.82) is 5.26 Å². The number of nitrogens with two attached hydrogens (primary N) is 1. The molecular formula is C36H31FN2O4. The summed E-state index contributed by atoms with van der Waals surface area (Å²) in [5.74, 6) is -0.0381. The van der Waals surface area contributed by atoms with E-state index in [1.807, 2.05) is 36.4 Å². The van der Waals surface area contributed by atoms with E-state index in [0.29, 0.717) is 17.1 Å². The number of nitrogens with zero attached hydrogens (tertiary/aromatic N) is 1. The third kappa shape index (κ3) is 6.94. The summed E-state index contributed by atoms with van der Waals surface area (Å²) in [6.45, 7) is 6.73. The number of benzene rings is 4. The molecule has 216 valence electrons. The van der Waals surface area contributed by atoms with E-state index in [0.717, 1.165) is 16.7 Å². The van der Waals surface area contributed by atoms with Gasteiger partial charge in [-0.05, 0) is 64.1 Å². The van der Waals surface area contributed by atoms with Crippen molar-refractivity contribution in [2.24, 2.45) is 5.73 Å². The van der Waals surface area contributed by atoms with E-state index < -0.39 is 11.9 Å². The van der Waals surface area contributed by atoms with Crippen molar-refractivity contribution >= 4 is 12.0 Å². The summed E-state index contributed by atoms with van der Waals surface area (Å²) < 4.78 is 30.3. The average molecular weight is 575 g/mol. The van der Waals surface area contributed by atoms with Gasteiger partial charge in [-0.3, -0.25) is 0 Å². The standard InChI is InChI=1S/C36H31FN2O4/c1-36(2,3)26-11-4-23(5-12-26)8-19-33(40)42-29-17-18-30-32(20-29)43-35(39)31(21-38)34(30)25-9-15-28(16-10-25)41-22-24-6-13-27(37)14-7-24/h4-20,34H,22,39H2,1-3H3/b19-8+. The van der Waals surface area contributed by atoms with Gasteiger partial charge in [0.1, 0.15) is 41.3 Å². The Morgan fingerprint density at radius 2 is 1.65 bits per heavy atom. The van der Waals surface area contributed by atoms with Crippen LogP contribution in [0.1, 0.15) is 54.5 Å². The van der Waals surface area contributed by atoms with Crippen molar-refractivity contribution in [1.82, 2.24) is 0 Å². The van der Waals surface area contributed by atoms with Crippen LogP contribution in [0, 0.1) is 17.1 Å². The topological polar surface area (TPSA) is 94.6 Å². The molecule has 0 fully saturated rings. The molecule has 2 N–H and O–H groups in total. The summed E-state index contributed by atoms with van der Waals surface area (Å²) in [7, 11) is 0. The fourth-order valence-electron chi connectivity index (χ4n) is 4.75. The number of rotatable bonds is 7. The Labute approximate surface area is 250 Å². The molecule has 0 aliphatic carbocycles. The fourth-order valence-corrected chi connectivity index (χ4v) is 4.75. The minimum atomic E-state index is -0.537. The Balaban J connectivity index is 1.30. The van der Waals surface area contributed by atoms with E-state index in [4.69, 9.17) is 19.9 Å². The lowest BCUT2D eigenvalue weighted by Crippen LogP contribution is -2.21. The van der Waals surface area contributed by atoms with Crippen molar-refractivity contribution in [2.45, 2.75) is 38.7 Å². The van der Waals surface area contributed by atoms with E-state index in [-0.39, 0.29) is 35.0 Å². The van der Waals surface area contributed by atoms with E-state index >= 15 is 0 Å². The number of hydrogen-bond acceptors (Lipinski definition) is 6. The molecule has 43 heavy (non-hydrogen) atoms. The van der Waals surface area contributed by atoms with Crippen LogP contribution in [0.4, 0.5) is 4.39 Å². The van der Waals surface area contributed by atoms with Crippen LogP contribution in [0.5, 0.6) is 17.2 Å². The first-order valence-electron chi connectivity index (χ1n) is 13.8. The van der Waals surface area contributed by atoms with Gasteiger partial charge >= 0.3 is 5.97 Å². The second kappa shape index (κ2) is 12.3. The first-order valence-corrected chi connectivity index (χ1v) is 13.8. The maximum atomic E-state index is 13.2. The number of ether oxygens (including phenoxy) is 3. The van der Waals surface area contributed by atoms with E-state index in [9.17, 15) is 14.4 Å². The van der Waals surface area contributed by atoms with Crippen molar-refractivity contribution in [3.05, 3.63) is 142 Å². The van der Waals surface area contributed by atoms with Gasteiger partial charge in [0.2, 0.25) is 5.88 Å². The van der Waals surface area contributed by atoms with Gasteiger partial charge in [-0.1, -0.05) is 75.4 Å². The van der Waals surface area contributed by atoms with E-state index in [2.05, 4.69) is 26.8 Å². The molecule has 0 saturated heterocycles. The average Bonchev–Trinajstić information content (AvgIpc) is 2.99. The Hall–Kier alpha value is -5.35. The number of carbonyl (C=O) groups excluding carboxylic acids is 1. The Morgan fingerprint density at radius 3 is 2.30 bits per heavy atom. The lowest BCUT2D eigenvalue weighted by molar-refractivity contribution is -0.128. The maximum absolute atomic E-state index is 13.2. The van der Waals surface area contributed by atoms with Crippen LogP contribution < -0.4 is 19.9 Å². The van der Waals surface area contributed by atoms with Crippen molar-refractivity contribution < 1.29 is 23.4 Å². The molecule has 0 spiro atoms. The van der Waals surface area contributed by atoms with Crippen LogP contribution in [-0.2, 0) is 16.8 Å². The SMILES string of the molecule is CC(C)(C)c1ccc(/C=C/C(=O)Oc2ccc3c(c2)OC(N)=C(C#N)C3c2ccc(OCc3ccc(F)cc3)cc2)cc1. The zero-order valence-corrected chi connectivity index (χ0v) is 24.1. The highest BCUT2D eigenvalue weighted by molar-refractivity contribution is 5.88. The number of allylic oxidation sites excluding steroid dienone is 1. The molecule has 4 aromatic carbocycles. The van der Waals surface area contributed by atoms with Crippen molar-refractivity contribution in [2.75, 3.05) is 0 Å². The molecule has 0 saturated carbocycles. The fraction of sp³-hybridized carbons (Fsp3) is 0.167. The van der Waals surface area contributed by atoms with Gasteiger partial charge < -0.3 is 19.9 Å². The molecule has 0 radical (unpaired) electrons. The van der Waals surface area contributed by atoms with Gasteiger partial charge in [0.15, 0.2) is 0 Å². The molecule has 0 amide bonds. The Kier molecular flexibility index (Phi) is 8.31. The zero-order valence-electron chi connectivity index (χ0n) is 24.1. The summed E-state index contributed by atoms with van der Waals surface area (Å²) in [6.07, 6.45) is 3.07. The first kappa shape index (κ1) is 29.2.